The summed E-state index contributed by atoms with van der Waals surface area (Å²) in [6.07, 6.45) is 4.13. The van der Waals surface area contributed by atoms with Gasteiger partial charge in [-0.2, -0.15) is 0 Å². The number of fused-ring (bicyclic) bond motifs is 5. The van der Waals surface area contributed by atoms with E-state index in [1.54, 1.807) is 18.2 Å². The van der Waals surface area contributed by atoms with Gasteiger partial charge >= 0.3 is 5.97 Å². The molecule has 0 aromatic heterocycles. The molecule has 1 aromatic carbocycles. The van der Waals surface area contributed by atoms with Gasteiger partial charge in [0.05, 0.1) is 11.0 Å². The van der Waals surface area contributed by atoms with Gasteiger partial charge in [-0.1, -0.05) is 30.7 Å². The molecule has 166 valence electrons. The van der Waals surface area contributed by atoms with Crippen molar-refractivity contribution in [3.8, 4) is 0 Å². The molecular weight excluding hydrogens is 398 g/mol. The molecule has 6 atom stereocenters. The maximum Gasteiger partial charge on any atom is 0.338 e. The number of esters is 1. The van der Waals surface area contributed by atoms with Gasteiger partial charge in [0.2, 0.25) is 6.43 Å². The molecule has 5 rings (SSSR count). The number of allylic oxidation sites excluding steroid dienone is 1. The molecule has 0 saturated heterocycles. The van der Waals surface area contributed by atoms with Crippen LogP contribution in [0.1, 0.15) is 68.6 Å². The Kier molecular flexibility index (Phi) is 5.06. The van der Waals surface area contributed by atoms with Crippen molar-refractivity contribution in [2.24, 2.45) is 28.6 Å². The number of hydrogen-bond acceptors (Lipinski definition) is 3. The van der Waals surface area contributed by atoms with E-state index < -0.39 is 11.8 Å². The maximum absolute atomic E-state index is 14.6. The van der Waals surface area contributed by atoms with Crippen LogP contribution in [0.3, 0.4) is 0 Å². The van der Waals surface area contributed by atoms with E-state index in [1.807, 2.05) is 18.2 Å². The Labute approximate surface area is 182 Å². The summed E-state index contributed by atoms with van der Waals surface area (Å²) in [4.78, 5) is 24.7. The second-order valence-electron chi connectivity index (χ2n) is 10.3. The van der Waals surface area contributed by atoms with Crippen molar-refractivity contribution in [3.05, 3.63) is 47.5 Å². The Morgan fingerprint density at radius 2 is 1.81 bits per heavy atom. The van der Waals surface area contributed by atoms with Crippen LogP contribution in [0.25, 0.3) is 0 Å². The number of alkyl halides is 2. The topological polar surface area (TPSA) is 43.4 Å². The van der Waals surface area contributed by atoms with Crippen molar-refractivity contribution in [3.63, 3.8) is 0 Å². The molecule has 1 aromatic rings. The third-order valence-corrected chi connectivity index (χ3v) is 9.13. The fourth-order valence-corrected chi connectivity index (χ4v) is 7.60. The number of benzene rings is 1. The number of hydrogen-bond donors (Lipinski definition) is 0. The smallest absolute Gasteiger partial charge is 0.338 e. The minimum absolute atomic E-state index is 0.000808. The normalized spacial score (nSPS) is 39.4. The Morgan fingerprint density at radius 1 is 1.03 bits per heavy atom. The monoisotopic (exact) mass is 428 g/mol. The molecule has 4 aliphatic carbocycles. The van der Waals surface area contributed by atoms with Gasteiger partial charge in [0.1, 0.15) is 6.10 Å². The van der Waals surface area contributed by atoms with Crippen LogP contribution in [0.4, 0.5) is 8.78 Å². The summed E-state index contributed by atoms with van der Waals surface area (Å²) in [7, 11) is 0. The van der Waals surface area contributed by atoms with Crippen LogP contribution < -0.4 is 0 Å². The van der Waals surface area contributed by atoms with Gasteiger partial charge in [-0.25, -0.2) is 13.6 Å². The van der Waals surface area contributed by atoms with Gasteiger partial charge in [-0.05, 0) is 80.9 Å². The molecule has 3 fully saturated rings. The van der Waals surface area contributed by atoms with Crippen molar-refractivity contribution >= 4 is 11.8 Å². The molecule has 0 heterocycles. The summed E-state index contributed by atoms with van der Waals surface area (Å²) in [6.45, 7) is 2.20. The lowest BCUT2D eigenvalue weighted by molar-refractivity contribution is -0.134. The predicted octanol–water partition coefficient (Wildman–Crippen LogP) is 5.99. The van der Waals surface area contributed by atoms with Crippen molar-refractivity contribution in [2.45, 2.75) is 70.8 Å². The van der Waals surface area contributed by atoms with Gasteiger partial charge in [-0.15, -0.1) is 0 Å². The minimum atomic E-state index is -2.43. The third kappa shape index (κ3) is 3.10. The van der Waals surface area contributed by atoms with Crippen LogP contribution in [0, 0.1) is 28.6 Å². The van der Waals surface area contributed by atoms with E-state index in [9.17, 15) is 18.4 Å². The van der Waals surface area contributed by atoms with E-state index in [0.29, 0.717) is 24.0 Å². The number of ketones is 1. The van der Waals surface area contributed by atoms with E-state index in [1.165, 1.54) is 0 Å². The fraction of sp³-hybridized carbons (Fsp3) is 0.615. The molecule has 0 bridgehead atoms. The first-order valence-electron chi connectivity index (χ1n) is 11.6. The van der Waals surface area contributed by atoms with Crippen molar-refractivity contribution in [1.82, 2.24) is 0 Å². The van der Waals surface area contributed by atoms with Crippen LogP contribution in [0.2, 0.25) is 0 Å². The van der Waals surface area contributed by atoms with Gasteiger partial charge < -0.3 is 4.74 Å². The molecule has 31 heavy (non-hydrogen) atoms. The van der Waals surface area contributed by atoms with Crippen molar-refractivity contribution < 1.29 is 23.1 Å². The highest BCUT2D eigenvalue weighted by molar-refractivity contribution is 5.91. The maximum atomic E-state index is 14.6. The Bertz CT molecular complexity index is 910. The third-order valence-electron chi connectivity index (χ3n) is 9.13. The predicted molar refractivity (Wildman–Crippen MR) is 113 cm³/mol. The van der Waals surface area contributed by atoms with E-state index >= 15 is 0 Å². The number of carbonyl (C=O) groups excluding carboxylic acids is 2. The van der Waals surface area contributed by atoms with Crippen LogP contribution in [0.5, 0.6) is 0 Å². The first kappa shape index (κ1) is 20.8. The number of halogens is 2. The standard InChI is InChI=1S/C26H30F2O3/c1-25-13-12-21-19(8-7-17-15-18(29)11-14-26(17,21)24(27)28)20(25)9-10-22(25)31-23(30)16-5-3-2-4-6-16/h2-6,15,19-22,24H,7-14H2,1H3/t19-,20-,21-,22-,25-,26+/m0/s1. The lowest BCUT2D eigenvalue weighted by atomic mass is 9.47. The van der Waals surface area contributed by atoms with Gasteiger partial charge in [0, 0.05) is 11.8 Å². The molecule has 3 nitrogen and oxygen atoms in total. The van der Waals surface area contributed by atoms with Crippen LogP contribution >= 0.6 is 0 Å². The van der Waals surface area contributed by atoms with E-state index in [2.05, 4.69) is 6.92 Å². The number of rotatable bonds is 3. The Balaban J connectivity index is 1.40. The van der Waals surface area contributed by atoms with Gasteiger partial charge in [0.15, 0.2) is 5.78 Å². The quantitative estimate of drug-likeness (QED) is 0.556. The zero-order valence-electron chi connectivity index (χ0n) is 18.0. The molecule has 3 saturated carbocycles. The molecule has 0 aliphatic heterocycles. The SMILES string of the molecule is C[C@]12CC[C@H]3[C@@H](CCC4=CC(=O)CC[C@@]43C(F)F)[C@@H]1CC[C@@H]2OC(=O)c1ccccc1. The lowest BCUT2D eigenvalue weighted by Crippen LogP contribution is -2.55. The van der Waals surface area contributed by atoms with Gasteiger partial charge in [-0.3, -0.25) is 4.79 Å². The zero-order valence-corrected chi connectivity index (χ0v) is 18.0. The molecule has 4 aliphatic rings. The van der Waals surface area contributed by atoms with Crippen LogP contribution in [-0.2, 0) is 9.53 Å². The minimum Gasteiger partial charge on any atom is -0.458 e. The molecular formula is C26H30F2O3. The largest absolute Gasteiger partial charge is 0.458 e. The van der Waals surface area contributed by atoms with Crippen molar-refractivity contribution in [2.75, 3.05) is 0 Å². The second-order valence-corrected chi connectivity index (χ2v) is 10.3. The van der Waals surface area contributed by atoms with Crippen molar-refractivity contribution in [1.29, 1.82) is 0 Å². The number of carbonyl (C=O) groups is 2. The first-order chi connectivity index (χ1) is 14.9. The van der Waals surface area contributed by atoms with Gasteiger partial charge in [0.25, 0.3) is 0 Å². The lowest BCUT2D eigenvalue weighted by Gasteiger charge is -2.58. The summed E-state index contributed by atoms with van der Waals surface area (Å²) < 4.78 is 35.2. The van der Waals surface area contributed by atoms with Crippen LogP contribution in [-0.4, -0.2) is 24.3 Å². The highest BCUT2D eigenvalue weighted by Crippen LogP contribution is 2.67. The average Bonchev–Trinajstić information content (AvgIpc) is 3.10. The summed E-state index contributed by atoms with van der Waals surface area (Å²) >= 11 is 0. The molecule has 0 N–H and O–H groups in total. The average molecular weight is 429 g/mol. The van der Waals surface area contributed by atoms with E-state index in [0.717, 1.165) is 25.7 Å². The molecule has 5 heteroatoms. The van der Waals surface area contributed by atoms with Crippen LogP contribution in [0.15, 0.2) is 42.0 Å². The second kappa shape index (κ2) is 7.53. The highest BCUT2D eigenvalue weighted by atomic mass is 19.3. The summed E-state index contributed by atoms with van der Waals surface area (Å²) in [5.74, 6) is 0.118. The van der Waals surface area contributed by atoms with E-state index in [-0.39, 0.29) is 53.9 Å². The highest BCUT2D eigenvalue weighted by Gasteiger charge is 2.63. The molecule has 0 unspecified atom stereocenters. The Morgan fingerprint density at radius 3 is 2.55 bits per heavy atom. The number of ether oxygens (including phenoxy) is 1. The van der Waals surface area contributed by atoms with E-state index in [4.69, 9.17) is 4.74 Å². The summed E-state index contributed by atoms with van der Waals surface area (Å²) in [6, 6.07) is 9.05. The zero-order chi connectivity index (χ0) is 21.8. The first-order valence-corrected chi connectivity index (χ1v) is 11.6. The fourth-order valence-electron chi connectivity index (χ4n) is 7.60. The molecule has 0 radical (unpaired) electrons. The Hall–Kier alpha value is -2.04. The summed E-state index contributed by atoms with van der Waals surface area (Å²) in [5.41, 5.74) is -0.0368. The summed E-state index contributed by atoms with van der Waals surface area (Å²) in [5, 5.41) is 0. The molecule has 0 amide bonds. The molecule has 0 spiro atoms.